The SMILES string of the molecule is CCOc1ccc(Cl)cc1/C=N\NC(=O)C(=O)N[C@H](C)c1ccccc1. The summed E-state index contributed by atoms with van der Waals surface area (Å²) in [6.45, 7) is 4.13. The van der Waals surface area contributed by atoms with Crippen molar-refractivity contribution >= 4 is 29.6 Å². The molecular weight excluding hydrogens is 354 g/mol. The zero-order chi connectivity index (χ0) is 18.9. The lowest BCUT2D eigenvalue weighted by Gasteiger charge is -2.13. The molecule has 0 heterocycles. The Labute approximate surface area is 157 Å². The highest BCUT2D eigenvalue weighted by molar-refractivity contribution is 6.35. The molecule has 7 heteroatoms. The van der Waals surface area contributed by atoms with Crippen LogP contribution in [0.3, 0.4) is 0 Å². The molecule has 0 saturated carbocycles. The van der Waals surface area contributed by atoms with Crippen LogP contribution in [0.4, 0.5) is 0 Å². The lowest BCUT2D eigenvalue weighted by atomic mass is 10.1. The largest absolute Gasteiger partial charge is 0.493 e. The molecule has 0 bridgehead atoms. The van der Waals surface area contributed by atoms with E-state index < -0.39 is 11.8 Å². The lowest BCUT2D eigenvalue weighted by Crippen LogP contribution is -2.39. The molecule has 0 saturated heterocycles. The Morgan fingerprint density at radius 2 is 1.92 bits per heavy atom. The number of carbonyl (C=O) groups excluding carboxylic acids is 2. The highest BCUT2D eigenvalue weighted by Gasteiger charge is 2.16. The van der Waals surface area contributed by atoms with Gasteiger partial charge in [0, 0.05) is 10.6 Å². The number of hydrogen-bond donors (Lipinski definition) is 2. The second-order valence-electron chi connectivity index (χ2n) is 5.42. The van der Waals surface area contributed by atoms with Gasteiger partial charge in [0.2, 0.25) is 0 Å². The van der Waals surface area contributed by atoms with Gasteiger partial charge < -0.3 is 10.1 Å². The number of benzene rings is 2. The van der Waals surface area contributed by atoms with Crippen molar-refractivity contribution in [3.8, 4) is 5.75 Å². The van der Waals surface area contributed by atoms with E-state index in [0.29, 0.717) is 22.9 Å². The summed E-state index contributed by atoms with van der Waals surface area (Å²) < 4.78 is 5.46. The Morgan fingerprint density at radius 3 is 2.62 bits per heavy atom. The lowest BCUT2D eigenvalue weighted by molar-refractivity contribution is -0.139. The second kappa shape index (κ2) is 9.58. The fourth-order valence-electron chi connectivity index (χ4n) is 2.21. The second-order valence-corrected chi connectivity index (χ2v) is 5.86. The number of nitrogens with zero attached hydrogens (tertiary/aromatic N) is 1. The van der Waals surface area contributed by atoms with Crippen LogP contribution in [0.1, 0.15) is 31.0 Å². The maximum absolute atomic E-state index is 11.9. The Balaban J connectivity index is 1.94. The van der Waals surface area contributed by atoms with Crippen LogP contribution in [0.2, 0.25) is 5.02 Å². The number of rotatable bonds is 6. The third kappa shape index (κ3) is 5.60. The molecule has 2 aromatic rings. The molecule has 2 amide bonds. The fraction of sp³-hybridized carbons (Fsp3) is 0.211. The van der Waals surface area contributed by atoms with Gasteiger partial charge in [0.25, 0.3) is 0 Å². The number of amides is 2. The average molecular weight is 374 g/mol. The first-order valence-corrected chi connectivity index (χ1v) is 8.50. The van der Waals surface area contributed by atoms with Gasteiger partial charge in [-0.1, -0.05) is 41.9 Å². The minimum Gasteiger partial charge on any atom is -0.493 e. The summed E-state index contributed by atoms with van der Waals surface area (Å²) in [5, 5.41) is 6.93. The summed E-state index contributed by atoms with van der Waals surface area (Å²) >= 11 is 5.96. The topological polar surface area (TPSA) is 79.8 Å². The van der Waals surface area contributed by atoms with Crippen LogP contribution >= 0.6 is 11.6 Å². The molecule has 2 aromatic carbocycles. The Hall–Kier alpha value is -2.86. The highest BCUT2D eigenvalue weighted by Crippen LogP contribution is 2.21. The van der Waals surface area contributed by atoms with Gasteiger partial charge in [0.15, 0.2) is 0 Å². The van der Waals surface area contributed by atoms with Crippen molar-refractivity contribution < 1.29 is 14.3 Å². The highest BCUT2D eigenvalue weighted by atomic mass is 35.5. The Morgan fingerprint density at radius 1 is 1.19 bits per heavy atom. The molecule has 0 unspecified atom stereocenters. The van der Waals surface area contributed by atoms with E-state index in [2.05, 4.69) is 15.8 Å². The molecule has 0 spiro atoms. The molecule has 2 rings (SSSR count). The van der Waals surface area contributed by atoms with Gasteiger partial charge in [-0.05, 0) is 37.6 Å². The molecule has 26 heavy (non-hydrogen) atoms. The van der Waals surface area contributed by atoms with Crippen molar-refractivity contribution in [3.05, 3.63) is 64.7 Å². The predicted octanol–water partition coefficient (Wildman–Crippen LogP) is 3.07. The predicted molar refractivity (Wildman–Crippen MR) is 101 cm³/mol. The van der Waals surface area contributed by atoms with Crippen LogP contribution in [-0.2, 0) is 9.59 Å². The standard InChI is InChI=1S/C19H20ClN3O3/c1-3-26-17-10-9-16(20)11-15(17)12-21-23-19(25)18(24)22-13(2)14-7-5-4-6-8-14/h4-13H,3H2,1-2H3,(H,22,24)(H,23,25)/b21-12-/t13-/m1/s1. The third-order valence-corrected chi connectivity index (χ3v) is 3.73. The summed E-state index contributed by atoms with van der Waals surface area (Å²) in [6.07, 6.45) is 1.38. The molecule has 2 N–H and O–H groups in total. The van der Waals surface area contributed by atoms with Crippen LogP contribution in [0.25, 0.3) is 0 Å². The zero-order valence-electron chi connectivity index (χ0n) is 14.5. The molecule has 0 fully saturated rings. The maximum Gasteiger partial charge on any atom is 0.329 e. The first-order valence-electron chi connectivity index (χ1n) is 8.12. The van der Waals surface area contributed by atoms with Crippen LogP contribution in [0.5, 0.6) is 5.75 Å². The monoisotopic (exact) mass is 373 g/mol. The Kier molecular flexibility index (Phi) is 7.17. The summed E-state index contributed by atoms with van der Waals surface area (Å²) in [7, 11) is 0. The normalized spacial score (nSPS) is 11.8. The quantitative estimate of drug-likeness (QED) is 0.464. The number of halogens is 1. The molecule has 1 atom stereocenters. The fourth-order valence-corrected chi connectivity index (χ4v) is 2.39. The van der Waals surface area contributed by atoms with Gasteiger partial charge in [0.05, 0.1) is 18.9 Å². The summed E-state index contributed by atoms with van der Waals surface area (Å²) in [5.41, 5.74) is 3.69. The van der Waals surface area contributed by atoms with Gasteiger partial charge in [-0.3, -0.25) is 9.59 Å². The van der Waals surface area contributed by atoms with Gasteiger partial charge in [-0.15, -0.1) is 0 Å². The number of ether oxygens (including phenoxy) is 1. The van der Waals surface area contributed by atoms with Gasteiger partial charge >= 0.3 is 11.8 Å². The molecule has 0 aliphatic carbocycles. The summed E-state index contributed by atoms with van der Waals surface area (Å²) in [4.78, 5) is 23.8. The minimum atomic E-state index is -0.857. The molecule has 0 aliphatic rings. The Bertz CT molecular complexity index is 794. The first-order chi connectivity index (χ1) is 12.5. The van der Waals surface area contributed by atoms with Crippen molar-refractivity contribution in [3.63, 3.8) is 0 Å². The van der Waals surface area contributed by atoms with Crippen LogP contribution in [0.15, 0.2) is 53.6 Å². The molecule has 6 nitrogen and oxygen atoms in total. The van der Waals surface area contributed by atoms with E-state index in [1.807, 2.05) is 37.3 Å². The van der Waals surface area contributed by atoms with E-state index in [9.17, 15) is 9.59 Å². The van der Waals surface area contributed by atoms with Crippen LogP contribution < -0.4 is 15.5 Å². The van der Waals surface area contributed by atoms with E-state index in [1.54, 1.807) is 25.1 Å². The average Bonchev–Trinajstić information content (AvgIpc) is 2.64. The number of carbonyl (C=O) groups is 2. The molecular formula is C19H20ClN3O3. The van der Waals surface area contributed by atoms with Crippen LogP contribution in [0, 0.1) is 0 Å². The van der Waals surface area contributed by atoms with E-state index >= 15 is 0 Å². The maximum atomic E-state index is 11.9. The first kappa shape index (κ1) is 19.5. The van der Waals surface area contributed by atoms with Crippen molar-refractivity contribution in [1.29, 1.82) is 0 Å². The minimum absolute atomic E-state index is 0.295. The zero-order valence-corrected chi connectivity index (χ0v) is 15.3. The van der Waals surface area contributed by atoms with Crippen LogP contribution in [-0.4, -0.2) is 24.6 Å². The smallest absolute Gasteiger partial charge is 0.329 e. The molecule has 0 aliphatic heterocycles. The van der Waals surface area contributed by atoms with E-state index in [4.69, 9.17) is 16.3 Å². The van der Waals surface area contributed by atoms with Crippen molar-refractivity contribution in [2.24, 2.45) is 5.10 Å². The summed E-state index contributed by atoms with van der Waals surface area (Å²) in [5.74, 6) is -1.05. The van der Waals surface area contributed by atoms with E-state index in [-0.39, 0.29) is 6.04 Å². The molecule has 136 valence electrons. The summed E-state index contributed by atoms with van der Waals surface area (Å²) in [6, 6.07) is 14.1. The molecule has 0 radical (unpaired) electrons. The van der Waals surface area contributed by atoms with Crippen molar-refractivity contribution in [2.75, 3.05) is 6.61 Å². The van der Waals surface area contributed by atoms with E-state index in [0.717, 1.165) is 5.56 Å². The van der Waals surface area contributed by atoms with Gasteiger partial charge in [-0.25, -0.2) is 5.43 Å². The van der Waals surface area contributed by atoms with Crippen molar-refractivity contribution in [2.45, 2.75) is 19.9 Å². The number of hydrogen-bond acceptors (Lipinski definition) is 4. The number of nitrogens with one attached hydrogen (secondary N) is 2. The van der Waals surface area contributed by atoms with Gasteiger partial charge in [0.1, 0.15) is 5.75 Å². The van der Waals surface area contributed by atoms with Gasteiger partial charge in [-0.2, -0.15) is 5.10 Å². The van der Waals surface area contributed by atoms with Crippen molar-refractivity contribution in [1.82, 2.24) is 10.7 Å². The van der Waals surface area contributed by atoms with E-state index in [1.165, 1.54) is 6.21 Å². The third-order valence-electron chi connectivity index (χ3n) is 3.49. The molecule has 0 aromatic heterocycles. The number of hydrazone groups is 1.